The van der Waals surface area contributed by atoms with Crippen LogP contribution < -0.4 is 31.0 Å². The minimum absolute atomic E-state index is 1.10. The fourth-order valence-electron chi connectivity index (χ4n) is 5.64. The van der Waals surface area contributed by atoms with Crippen LogP contribution in [0.2, 0.25) is 0 Å². The van der Waals surface area contributed by atoms with Gasteiger partial charge in [0.15, 0.2) is 0 Å². The van der Waals surface area contributed by atoms with Crippen molar-refractivity contribution in [2.75, 3.05) is 34.5 Å². The van der Waals surface area contributed by atoms with Gasteiger partial charge in [-0.2, -0.15) is 0 Å². The van der Waals surface area contributed by atoms with Gasteiger partial charge in [-0.25, -0.2) is 0 Å². The Morgan fingerprint density at radius 3 is 0.944 bits per heavy atom. The molecule has 2 unspecified atom stereocenters. The molecule has 6 heteroatoms. The van der Waals surface area contributed by atoms with Crippen molar-refractivity contribution in [3.8, 4) is 0 Å². The van der Waals surface area contributed by atoms with Gasteiger partial charge in [0.2, 0.25) is 0 Å². The highest BCUT2D eigenvalue weighted by atomic mass is 31.0. The normalized spacial score (nSPS) is 10.2. The Labute approximate surface area is 327 Å². The lowest BCUT2D eigenvalue weighted by Gasteiger charge is -2.23. The average Bonchev–Trinajstić information content (AvgIpc) is 3.19. The SMILES string of the molecule is Cc1ccc(Nc2ccccc2N(C)c2ccc(C)cc2)cc1.Cc1ccc(Nc2ccccc2N(C)c2ccc(C)cc2)cc1.Pc1ccc(P)cc1. The van der Waals surface area contributed by atoms with E-state index in [1.165, 1.54) is 44.2 Å². The summed E-state index contributed by atoms with van der Waals surface area (Å²) in [5, 5.41) is 9.51. The molecule has 0 aromatic heterocycles. The lowest BCUT2D eigenvalue weighted by molar-refractivity contribution is 1.20. The van der Waals surface area contributed by atoms with Gasteiger partial charge in [-0.1, -0.05) is 119 Å². The summed E-state index contributed by atoms with van der Waals surface area (Å²) < 4.78 is 0. The quantitative estimate of drug-likeness (QED) is 0.152. The van der Waals surface area contributed by atoms with Gasteiger partial charge in [0.1, 0.15) is 0 Å². The van der Waals surface area contributed by atoms with Crippen LogP contribution in [0.1, 0.15) is 22.3 Å². The smallest absolute Gasteiger partial charge is 0.0647 e. The average molecular weight is 747 g/mol. The maximum absolute atomic E-state index is 3.52. The van der Waals surface area contributed by atoms with Crippen LogP contribution in [0.15, 0.2) is 170 Å². The number of hydrogen-bond acceptors (Lipinski definition) is 4. The van der Waals surface area contributed by atoms with Gasteiger partial charge in [-0.05, 0) is 111 Å². The van der Waals surface area contributed by atoms with E-state index in [0.29, 0.717) is 0 Å². The summed E-state index contributed by atoms with van der Waals surface area (Å²) in [5.74, 6) is 0. The standard InChI is InChI=1S/2C21H22N2.C6H8P2/c2*1-16-8-12-18(13-9-16)22-20-6-4-5-7-21(20)23(3)19-14-10-17(2)11-15-19;7-5-1-2-6(8)4-3-5/h2*4-15,22H,1-3H3;1-4H,7-8H2. The molecule has 0 aliphatic carbocycles. The molecule has 0 bridgehead atoms. The van der Waals surface area contributed by atoms with Gasteiger partial charge in [-0.3, -0.25) is 0 Å². The van der Waals surface area contributed by atoms with Crippen LogP contribution in [0.3, 0.4) is 0 Å². The molecule has 0 amide bonds. The molecule has 7 rings (SSSR count). The first-order valence-corrected chi connectivity index (χ1v) is 19.3. The minimum Gasteiger partial charge on any atom is -0.354 e. The first-order valence-electron chi connectivity index (χ1n) is 18.1. The zero-order valence-corrected chi connectivity index (χ0v) is 34.5. The lowest BCUT2D eigenvalue weighted by Crippen LogP contribution is -2.11. The zero-order valence-electron chi connectivity index (χ0n) is 32.2. The molecule has 4 nitrogen and oxygen atoms in total. The topological polar surface area (TPSA) is 30.5 Å². The number of benzene rings is 7. The van der Waals surface area contributed by atoms with Crippen molar-refractivity contribution in [3.05, 3.63) is 192 Å². The maximum atomic E-state index is 3.52. The predicted octanol–water partition coefficient (Wildman–Crippen LogP) is 12.3. The summed E-state index contributed by atoms with van der Waals surface area (Å²) in [6.07, 6.45) is 0. The second kappa shape index (κ2) is 19.6. The Kier molecular flexibility index (Phi) is 14.5. The lowest BCUT2D eigenvalue weighted by atomic mass is 10.1. The van der Waals surface area contributed by atoms with Gasteiger partial charge in [0.05, 0.1) is 22.7 Å². The third-order valence-electron chi connectivity index (χ3n) is 8.97. The van der Waals surface area contributed by atoms with Crippen molar-refractivity contribution < 1.29 is 0 Å². The molecular weight excluding hydrogens is 695 g/mol. The predicted molar refractivity (Wildman–Crippen MR) is 245 cm³/mol. The molecular formula is C48H52N4P2. The summed E-state index contributed by atoms with van der Waals surface area (Å²) in [4.78, 5) is 4.41. The number of nitrogens with one attached hydrogen (secondary N) is 2. The molecule has 0 saturated carbocycles. The molecule has 0 fully saturated rings. The molecule has 0 spiro atoms. The molecule has 0 aliphatic heterocycles. The molecule has 0 heterocycles. The van der Waals surface area contributed by atoms with E-state index >= 15 is 0 Å². The zero-order chi connectivity index (χ0) is 38.5. The second-order valence-electron chi connectivity index (χ2n) is 13.5. The van der Waals surface area contributed by atoms with E-state index in [1.54, 1.807) is 0 Å². The van der Waals surface area contributed by atoms with Crippen LogP contribution >= 0.6 is 18.5 Å². The highest BCUT2D eigenvalue weighted by Gasteiger charge is 2.10. The third kappa shape index (κ3) is 11.8. The molecule has 2 atom stereocenters. The Bertz CT molecular complexity index is 2020. The molecule has 274 valence electrons. The van der Waals surface area contributed by atoms with Gasteiger partial charge >= 0.3 is 0 Å². The fourth-order valence-corrected chi connectivity index (χ4v) is 6.02. The van der Waals surface area contributed by atoms with E-state index in [9.17, 15) is 0 Å². The fraction of sp³-hybridized carbons (Fsp3) is 0.125. The maximum Gasteiger partial charge on any atom is 0.0647 e. The van der Waals surface area contributed by atoms with Crippen LogP contribution in [0.5, 0.6) is 0 Å². The number of aryl methyl sites for hydroxylation is 4. The first-order chi connectivity index (χ1) is 26.0. The largest absolute Gasteiger partial charge is 0.354 e. The van der Waals surface area contributed by atoms with Gasteiger partial charge in [0.25, 0.3) is 0 Å². The molecule has 54 heavy (non-hydrogen) atoms. The second-order valence-corrected chi connectivity index (χ2v) is 14.8. The van der Waals surface area contributed by atoms with Crippen molar-refractivity contribution in [2.45, 2.75) is 27.7 Å². The number of nitrogens with zero attached hydrogens (tertiary/aromatic N) is 2. The Balaban J connectivity index is 0.000000173. The molecule has 7 aromatic carbocycles. The van der Waals surface area contributed by atoms with Crippen molar-refractivity contribution >= 4 is 74.6 Å². The molecule has 0 aliphatic rings. The van der Waals surface area contributed by atoms with E-state index in [2.05, 4.69) is 251 Å². The van der Waals surface area contributed by atoms with E-state index in [4.69, 9.17) is 0 Å². The van der Waals surface area contributed by atoms with Crippen LogP contribution in [0, 0.1) is 27.7 Å². The van der Waals surface area contributed by atoms with Crippen LogP contribution in [-0.2, 0) is 0 Å². The monoisotopic (exact) mass is 746 g/mol. The van der Waals surface area contributed by atoms with Gasteiger partial charge < -0.3 is 20.4 Å². The van der Waals surface area contributed by atoms with Crippen LogP contribution in [0.4, 0.5) is 45.5 Å². The molecule has 0 saturated heterocycles. The van der Waals surface area contributed by atoms with Crippen LogP contribution in [0.25, 0.3) is 0 Å². The van der Waals surface area contributed by atoms with E-state index in [0.717, 1.165) is 34.1 Å². The summed E-state index contributed by atoms with van der Waals surface area (Å²) >= 11 is 0. The van der Waals surface area contributed by atoms with E-state index in [1.807, 2.05) is 0 Å². The summed E-state index contributed by atoms with van der Waals surface area (Å²) in [5.41, 5.74) is 14.1. The number of para-hydroxylation sites is 4. The number of rotatable bonds is 8. The Morgan fingerprint density at radius 1 is 0.352 bits per heavy atom. The summed E-state index contributed by atoms with van der Waals surface area (Å²) in [6.45, 7) is 8.42. The Morgan fingerprint density at radius 2 is 0.630 bits per heavy atom. The Hall–Kier alpha value is -5.40. The summed E-state index contributed by atoms with van der Waals surface area (Å²) in [6, 6.07) is 59.1. The highest BCUT2D eigenvalue weighted by Crippen LogP contribution is 2.34. The van der Waals surface area contributed by atoms with Crippen molar-refractivity contribution in [1.29, 1.82) is 0 Å². The number of anilines is 8. The van der Waals surface area contributed by atoms with E-state index in [-0.39, 0.29) is 0 Å². The molecule has 7 aromatic rings. The molecule has 0 radical (unpaired) electrons. The third-order valence-corrected chi connectivity index (χ3v) is 9.74. The van der Waals surface area contributed by atoms with Crippen molar-refractivity contribution in [1.82, 2.24) is 0 Å². The summed E-state index contributed by atoms with van der Waals surface area (Å²) in [7, 11) is 9.48. The first kappa shape index (κ1) is 39.8. The van der Waals surface area contributed by atoms with Crippen LogP contribution in [-0.4, -0.2) is 14.1 Å². The van der Waals surface area contributed by atoms with Gasteiger partial charge in [-0.15, -0.1) is 18.5 Å². The van der Waals surface area contributed by atoms with Crippen molar-refractivity contribution in [2.24, 2.45) is 0 Å². The number of hydrogen-bond donors (Lipinski definition) is 2. The van der Waals surface area contributed by atoms with Gasteiger partial charge in [0, 0.05) is 36.8 Å². The minimum atomic E-state index is 1.10. The highest BCUT2D eigenvalue weighted by molar-refractivity contribution is 7.28. The van der Waals surface area contributed by atoms with E-state index < -0.39 is 0 Å². The van der Waals surface area contributed by atoms with Crippen molar-refractivity contribution in [3.63, 3.8) is 0 Å². The molecule has 2 N–H and O–H groups in total.